The quantitative estimate of drug-likeness (QED) is 0.707. The summed E-state index contributed by atoms with van der Waals surface area (Å²) in [6, 6.07) is 15.5. The third-order valence-corrected chi connectivity index (χ3v) is 5.21. The van der Waals surface area contributed by atoms with Crippen LogP contribution in [0.3, 0.4) is 0 Å². The van der Waals surface area contributed by atoms with Crippen molar-refractivity contribution in [2.45, 2.75) is 25.8 Å². The molecule has 1 aliphatic heterocycles. The molecule has 3 aromatic rings. The van der Waals surface area contributed by atoms with E-state index in [2.05, 4.69) is 10.2 Å². The summed E-state index contributed by atoms with van der Waals surface area (Å²) in [4.78, 5) is 14.5. The Hall–Kier alpha value is -3.28. The van der Waals surface area contributed by atoms with E-state index in [0.29, 0.717) is 5.82 Å². The van der Waals surface area contributed by atoms with Gasteiger partial charge < -0.3 is 9.47 Å². The van der Waals surface area contributed by atoms with Crippen LogP contribution in [0.25, 0.3) is 0 Å². The van der Waals surface area contributed by atoms with Gasteiger partial charge in [-0.1, -0.05) is 18.2 Å². The summed E-state index contributed by atoms with van der Waals surface area (Å²) in [5.41, 5.74) is 3.89. The van der Waals surface area contributed by atoms with Gasteiger partial charge in [-0.15, -0.1) is 0 Å². The number of rotatable bonds is 6. The zero-order valence-corrected chi connectivity index (χ0v) is 16.2. The maximum atomic E-state index is 12.8. The number of ether oxygens (including phenoxy) is 2. The van der Waals surface area contributed by atoms with E-state index in [1.807, 2.05) is 55.5 Å². The highest BCUT2D eigenvalue weighted by Gasteiger charge is 2.35. The summed E-state index contributed by atoms with van der Waals surface area (Å²) in [7, 11) is 3.29. The van der Waals surface area contributed by atoms with Crippen molar-refractivity contribution in [2.24, 2.45) is 0 Å². The van der Waals surface area contributed by atoms with Gasteiger partial charge in [0, 0.05) is 23.4 Å². The molecule has 1 amide bonds. The van der Waals surface area contributed by atoms with E-state index >= 15 is 0 Å². The van der Waals surface area contributed by atoms with Crippen molar-refractivity contribution in [3.05, 3.63) is 70.9 Å². The number of hydrogen-bond acceptors (Lipinski definition) is 4. The number of aromatic nitrogens is 2. The number of aromatic amines is 1. The van der Waals surface area contributed by atoms with E-state index in [9.17, 15) is 4.79 Å². The molecule has 0 aliphatic carbocycles. The SMILES string of the molecule is COc1cc(CCc2cc(N3C(=O)c4ccccc4C3C)n[nH]2)cc(OC)c1. The number of amides is 1. The molecule has 6 nitrogen and oxygen atoms in total. The first-order valence-corrected chi connectivity index (χ1v) is 9.29. The van der Waals surface area contributed by atoms with Crippen LogP contribution in [0, 0.1) is 0 Å². The van der Waals surface area contributed by atoms with E-state index < -0.39 is 0 Å². The molecular weight excluding hydrogens is 354 g/mol. The number of carbonyl (C=O) groups is 1. The van der Waals surface area contributed by atoms with Crippen LogP contribution in [-0.2, 0) is 12.8 Å². The fourth-order valence-corrected chi connectivity index (χ4v) is 3.69. The summed E-state index contributed by atoms with van der Waals surface area (Å²) in [5.74, 6) is 2.20. The lowest BCUT2D eigenvalue weighted by atomic mass is 10.1. The molecule has 0 fully saturated rings. The third-order valence-electron chi connectivity index (χ3n) is 5.21. The lowest BCUT2D eigenvalue weighted by Gasteiger charge is -2.18. The van der Waals surface area contributed by atoms with Crippen LogP contribution < -0.4 is 14.4 Å². The van der Waals surface area contributed by atoms with Gasteiger partial charge in [-0.3, -0.25) is 14.8 Å². The number of nitrogens with zero attached hydrogens (tertiary/aromatic N) is 2. The molecule has 1 unspecified atom stereocenters. The van der Waals surface area contributed by atoms with Crippen molar-refractivity contribution in [1.29, 1.82) is 0 Å². The second-order valence-electron chi connectivity index (χ2n) is 6.91. The highest BCUT2D eigenvalue weighted by molar-refractivity contribution is 6.10. The van der Waals surface area contributed by atoms with E-state index in [1.54, 1.807) is 19.1 Å². The molecular formula is C22H23N3O3. The minimum atomic E-state index is -0.0255. The molecule has 2 heterocycles. The first kappa shape index (κ1) is 18.1. The molecule has 28 heavy (non-hydrogen) atoms. The largest absolute Gasteiger partial charge is 0.497 e. The zero-order valence-electron chi connectivity index (χ0n) is 16.2. The summed E-state index contributed by atoms with van der Waals surface area (Å²) in [5, 5.41) is 7.46. The summed E-state index contributed by atoms with van der Waals surface area (Å²) >= 11 is 0. The number of nitrogens with one attached hydrogen (secondary N) is 1. The van der Waals surface area contributed by atoms with Crippen LogP contribution in [0.15, 0.2) is 48.5 Å². The van der Waals surface area contributed by atoms with E-state index in [1.165, 1.54) is 0 Å². The topological polar surface area (TPSA) is 67.5 Å². The summed E-state index contributed by atoms with van der Waals surface area (Å²) in [6.07, 6.45) is 1.58. The van der Waals surface area contributed by atoms with Gasteiger partial charge in [-0.25, -0.2) is 0 Å². The second-order valence-corrected chi connectivity index (χ2v) is 6.91. The van der Waals surface area contributed by atoms with Crippen LogP contribution >= 0.6 is 0 Å². The number of hydrogen-bond donors (Lipinski definition) is 1. The predicted octanol–water partition coefficient (Wildman–Crippen LogP) is 3.93. The highest BCUT2D eigenvalue weighted by Crippen LogP contribution is 2.36. The first-order valence-electron chi connectivity index (χ1n) is 9.29. The number of fused-ring (bicyclic) bond motifs is 1. The average molecular weight is 377 g/mol. The number of benzene rings is 2. The van der Waals surface area contributed by atoms with Crippen molar-refractivity contribution in [1.82, 2.24) is 10.2 Å². The number of anilines is 1. The lowest BCUT2D eigenvalue weighted by molar-refractivity contribution is 0.0991. The van der Waals surface area contributed by atoms with Crippen LogP contribution in [-0.4, -0.2) is 30.3 Å². The Morgan fingerprint density at radius 1 is 1.04 bits per heavy atom. The molecule has 1 aromatic heterocycles. The minimum absolute atomic E-state index is 0.00122. The molecule has 1 atom stereocenters. The van der Waals surface area contributed by atoms with Gasteiger partial charge >= 0.3 is 0 Å². The van der Waals surface area contributed by atoms with E-state index in [4.69, 9.17) is 9.47 Å². The molecule has 6 heteroatoms. The molecule has 0 bridgehead atoms. The highest BCUT2D eigenvalue weighted by atomic mass is 16.5. The van der Waals surface area contributed by atoms with Gasteiger partial charge in [0.05, 0.1) is 20.3 Å². The van der Waals surface area contributed by atoms with Gasteiger partial charge in [0.2, 0.25) is 0 Å². The second kappa shape index (κ2) is 7.38. The fraction of sp³-hybridized carbons (Fsp3) is 0.273. The monoisotopic (exact) mass is 377 g/mol. The van der Waals surface area contributed by atoms with Crippen LogP contribution in [0.2, 0.25) is 0 Å². The van der Waals surface area contributed by atoms with Crippen molar-refractivity contribution in [3.8, 4) is 11.5 Å². The van der Waals surface area contributed by atoms with Crippen LogP contribution in [0.4, 0.5) is 5.82 Å². The molecule has 1 aliphatic rings. The van der Waals surface area contributed by atoms with Gasteiger partial charge in [0.1, 0.15) is 11.5 Å². The molecule has 144 valence electrons. The maximum absolute atomic E-state index is 12.8. The zero-order chi connectivity index (χ0) is 19.7. The number of carbonyl (C=O) groups excluding carboxylic acids is 1. The number of aryl methyl sites for hydroxylation is 2. The molecule has 2 aromatic carbocycles. The average Bonchev–Trinajstić information content (AvgIpc) is 3.29. The Kier molecular flexibility index (Phi) is 4.77. The first-order chi connectivity index (χ1) is 13.6. The minimum Gasteiger partial charge on any atom is -0.497 e. The van der Waals surface area contributed by atoms with Crippen molar-refractivity contribution in [2.75, 3.05) is 19.1 Å². The molecule has 0 radical (unpaired) electrons. The Labute approximate surface area is 164 Å². The van der Waals surface area contributed by atoms with Gasteiger partial charge in [0.15, 0.2) is 5.82 Å². The molecule has 4 rings (SSSR count). The predicted molar refractivity (Wildman–Crippen MR) is 107 cm³/mol. The Bertz CT molecular complexity index is 990. The standard InChI is InChI=1S/C22H23N3O3/c1-14-19-6-4-5-7-20(19)22(26)25(14)21-12-16(23-24-21)9-8-15-10-17(27-2)13-18(11-15)28-3/h4-7,10-14H,8-9H2,1-3H3,(H,23,24). The summed E-state index contributed by atoms with van der Waals surface area (Å²) in [6.45, 7) is 2.03. The van der Waals surface area contributed by atoms with Crippen molar-refractivity contribution < 1.29 is 14.3 Å². The van der Waals surface area contributed by atoms with Gasteiger partial charge in [0.25, 0.3) is 5.91 Å². The molecule has 0 spiro atoms. The van der Waals surface area contributed by atoms with Crippen molar-refractivity contribution in [3.63, 3.8) is 0 Å². The van der Waals surface area contributed by atoms with Crippen LogP contribution in [0.1, 0.15) is 40.1 Å². The Balaban J connectivity index is 1.50. The number of methoxy groups -OCH3 is 2. The van der Waals surface area contributed by atoms with Gasteiger partial charge in [-0.2, -0.15) is 5.10 Å². The molecule has 1 N–H and O–H groups in total. The number of H-pyrrole nitrogens is 1. The van der Waals surface area contributed by atoms with Crippen molar-refractivity contribution >= 4 is 11.7 Å². The fourth-order valence-electron chi connectivity index (χ4n) is 3.69. The smallest absolute Gasteiger partial charge is 0.260 e. The Morgan fingerprint density at radius 2 is 1.75 bits per heavy atom. The van der Waals surface area contributed by atoms with E-state index in [-0.39, 0.29) is 11.9 Å². The normalized spacial score (nSPS) is 15.6. The molecule has 0 saturated carbocycles. The maximum Gasteiger partial charge on any atom is 0.260 e. The van der Waals surface area contributed by atoms with Crippen LogP contribution in [0.5, 0.6) is 11.5 Å². The Morgan fingerprint density at radius 3 is 2.43 bits per heavy atom. The molecule has 0 saturated heterocycles. The van der Waals surface area contributed by atoms with Gasteiger partial charge in [-0.05, 0) is 49.1 Å². The summed E-state index contributed by atoms with van der Waals surface area (Å²) < 4.78 is 10.7. The third kappa shape index (κ3) is 3.22. The lowest BCUT2D eigenvalue weighted by Crippen LogP contribution is -2.26. The van der Waals surface area contributed by atoms with E-state index in [0.717, 1.165) is 46.7 Å².